The first-order valence-corrected chi connectivity index (χ1v) is 9.15. The van der Waals surface area contributed by atoms with Crippen LogP contribution in [-0.4, -0.2) is 18.1 Å². The zero-order valence-electron chi connectivity index (χ0n) is 16.1. The molecule has 0 aliphatic carbocycles. The average Bonchev–Trinajstić information content (AvgIpc) is 2.75. The number of anilines is 2. The molecular weight excluding hydrogens is 385 g/mol. The Labute approximate surface area is 172 Å². The van der Waals surface area contributed by atoms with E-state index in [-0.39, 0.29) is 11.8 Å². The molecule has 0 spiro atoms. The van der Waals surface area contributed by atoms with Crippen LogP contribution in [0.4, 0.5) is 20.6 Å². The second kappa shape index (κ2) is 8.48. The number of amides is 2. The van der Waals surface area contributed by atoms with Crippen LogP contribution in [0.1, 0.15) is 0 Å². The standard InChI is InChI=1S/C23H18FN3O3/c1-29-22-13-18-20(14-19(22)24)25-12-11-21(18)30-17-9-7-16(8-10-17)27-23(28)26-15-5-3-2-4-6-15/h2-14H,1H3,(H2,26,27,28). The molecule has 0 atom stereocenters. The third-order valence-electron chi connectivity index (χ3n) is 4.35. The largest absolute Gasteiger partial charge is 0.494 e. The fourth-order valence-corrected chi connectivity index (χ4v) is 2.92. The van der Waals surface area contributed by atoms with E-state index in [1.165, 1.54) is 13.2 Å². The minimum atomic E-state index is -0.487. The van der Waals surface area contributed by atoms with E-state index in [2.05, 4.69) is 15.6 Å². The Morgan fingerprint density at radius 3 is 2.30 bits per heavy atom. The molecule has 0 aliphatic heterocycles. The number of pyridine rings is 1. The SMILES string of the molecule is COc1cc2c(Oc3ccc(NC(=O)Nc4ccccc4)cc3)ccnc2cc1F. The van der Waals surface area contributed by atoms with Crippen LogP contribution in [0.5, 0.6) is 17.2 Å². The Balaban J connectivity index is 1.48. The summed E-state index contributed by atoms with van der Waals surface area (Å²) < 4.78 is 24.9. The number of para-hydroxylation sites is 1. The Morgan fingerprint density at radius 2 is 1.60 bits per heavy atom. The monoisotopic (exact) mass is 403 g/mol. The van der Waals surface area contributed by atoms with Crippen LogP contribution in [-0.2, 0) is 0 Å². The topological polar surface area (TPSA) is 72.5 Å². The van der Waals surface area contributed by atoms with Gasteiger partial charge in [-0.25, -0.2) is 9.18 Å². The third-order valence-corrected chi connectivity index (χ3v) is 4.35. The van der Waals surface area contributed by atoms with Crippen molar-refractivity contribution < 1.29 is 18.7 Å². The minimum absolute atomic E-state index is 0.115. The molecule has 3 aromatic carbocycles. The zero-order valence-corrected chi connectivity index (χ0v) is 16.1. The number of nitrogens with zero attached hydrogens (tertiary/aromatic N) is 1. The number of aromatic nitrogens is 1. The van der Waals surface area contributed by atoms with E-state index in [4.69, 9.17) is 9.47 Å². The van der Waals surface area contributed by atoms with Gasteiger partial charge < -0.3 is 20.1 Å². The van der Waals surface area contributed by atoms with Gasteiger partial charge in [-0.1, -0.05) is 18.2 Å². The van der Waals surface area contributed by atoms with Crippen molar-refractivity contribution in [3.05, 3.63) is 84.8 Å². The number of benzene rings is 3. The van der Waals surface area contributed by atoms with E-state index in [0.717, 1.165) is 0 Å². The molecule has 4 aromatic rings. The van der Waals surface area contributed by atoms with Crippen molar-refractivity contribution in [3.63, 3.8) is 0 Å². The van der Waals surface area contributed by atoms with Gasteiger partial charge in [0.1, 0.15) is 11.5 Å². The van der Waals surface area contributed by atoms with Crippen molar-refractivity contribution >= 4 is 28.3 Å². The number of hydrogen-bond donors (Lipinski definition) is 2. The fourth-order valence-electron chi connectivity index (χ4n) is 2.92. The molecule has 0 unspecified atom stereocenters. The number of fused-ring (bicyclic) bond motifs is 1. The lowest BCUT2D eigenvalue weighted by molar-refractivity contribution is 0.262. The molecule has 0 bridgehead atoms. The summed E-state index contributed by atoms with van der Waals surface area (Å²) in [6, 6.07) is 20.3. The van der Waals surface area contributed by atoms with Crippen molar-refractivity contribution in [2.45, 2.75) is 0 Å². The molecule has 1 heterocycles. The van der Waals surface area contributed by atoms with E-state index in [1.807, 2.05) is 18.2 Å². The van der Waals surface area contributed by atoms with Crippen LogP contribution in [0.2, 0.25) is 0 Å². The summed E-state index contributed by atoms with van der Waals surface area (Å²) in [5.74, 6) is 0.698. The summed E-state index contributed by atoms with van der Waals surface area (Å²) in [5.41, 5.74) is 1.77. The van der Waals surface area contributed by atoms with Crippen LogP contribution in [0.15, 0.2) is 79.0 Å². The average molecular weight is 403 g/mol. The van der Waals surface area contributed by atoms with Gasteiger partial charge in [0.15, 0.2) is 11.6 Å². The quantitative estimate of drug-likeness (QED) is 0.440. The predicted octanol–water partition coefficient (Wildman–Crippen LogP) is 5.82. The Bertz CT molecular complexity index is 1180. The second-order valence-electron chi connectivity index (χ2n) is 6.38. The van der Waals surface area contributed by atoms with E-state index in [1.54, 1.807) is 54.7 Å². The Kier molecular flexibility index (Phi) is 5.43. The number of carbonyl (C=O) groups is 1. The smallest absolute Gasteiger partial charge is 0.323 e. The molecule has 0 radical (unpaired) electrons. The molecule has 7 heteroatoms. The molecule has 30 heavy (non-hydrogen) atoms. The third kappa shape index (κ3) is 4.30. The Hall–Kier alpha value is -4.13. The van der Waals surface area contributed by atoms with E-state index in [9.17, 15) is 9.18 Å². The van der Waals surface area contributed by atoms with Gasteiger partial charge in [0.25, 0.3) is 0 Å². The summed E-state index contributed by atoms with van der Waals surface area (Å²) in [5, 5.41) is 6.13. The van der Waals surface area contributed by atoms with Gasteiger partial charge >= 0.3 is 6.03 Å². The molecule has 0 saturated carbocycles. The number of methoxy groups -OCH3 is 1. The molecule has 4 rings (SSSR count). The van der Waals surface area contributed by atoms with Gasteiger partial charge in [-0.2, -0.15) is 0 Å². The lowest BCUT2D eigenvalue weighted by Gasteiger charge is -2.11. The number of nitrogens with one attached hydrogen (secondary N) is 2. The lowest BCUT2D eigenvalue weighted by atomic mass is 10.2. The Morgan fingerprint density at radius 1 is 0.900 bits per heavy atom. The first kappa shape index (κ1) is 19.2. The van der Waals surface area contributed by atoms with Gasteiger partial charge in [0.05, 0.1) is 12.6 Å². The minimum Gasteiger partial charge on any atom is -0.494 e. The lowest BCUT2D eigenvalue weighted by Crippen LogP contribution is -2.19. The normalized spacial score (nSPS) is 10.5. The summed E-state index contributed by atoms with van der Waals surface area (Å²) >= 11 is 0. The maximum atomic E-state index is 13.9. The van der Waals surface area contributed by atoms with Crippen molar-refractivity contribution in [1.82, 2.24) is 4.98 Å². The molecule has 150 valence electrons. The molecule has 0 fully saturated rings. The zero-order chi connectivity index (χ0) is 20.9. The fraction of sp³-hybridized carbons (Fsp3) is 0.0435. The molecule has 0 aliphatic rings. The van der Waals surface area contributed by atoms with Gasteiger partial charge in [-0.15, -0.1) is 0 Å². The molecule has 0 saturated heterocycles. The van der Waals surface area contributed by atoms with Crippen molar-refractivity contribution in [2.24, 2.45) is 0 Å². The summed E-state index contributed by atoms with van der Waals surface area (Å²) in [7, 11) is 1.40. The number of carbonyl (C=O) groups excluding carboxylic acids is 1. The highest BCUT2D eigenvalue weighted by Gasteiger charge is 2.11. The molecule has 2 amide bonds. The van der Waals surface area contributed by atoms with Crippen molar-refractivity contribution in [3.8, 4) is 17.2 Å². The summed E-state index contributed by atoms with van der Waals surface area (Å²) in [6.45, 7) is 0. The van der Waals surface area contributed by atoms with Gasteiger partial charge in [-0.3, -0.25) is 4.98 Å². The van der Waals surface area contributed by atoms with Gasteiger partial charge in [0, 0.05) is 29.0 Å². The van der Waals surface area contributed by atoms with Crippen LogP contribution < -0.4 is 20.1 Å². The molecule has 1 aromatic heterocycles. The van der Waals surface area contributed by atoms with Crippen LogP contribution in [0.25, 0.3) is 10.9 Å². The van der Waals surface area contributed by atoms with Crippen LogP contribution in [0.3, 0.4) is 0 Å². The van der Waals surface area contributed by atoms with Crippen LogP contribution in [0, 0.1) is 5.82 Å². The number of halogens is 1. The van der Waals surface area contributed by atoms with E-state index < -0.39 is 5.82 Å². The highest BCUT2D eigenvalue weighted by molar-refractivity contribution is 5.99. The van der Waals surface area contributed by atoms with E-state index >= 15 is 0 Å². The summed E-state index contributed by atoms with van der Waals surface area (Å²) in [6.07, 6.45) is 1.55. The van der Waals surface area contributed by atoms with E-state index in [0.29, 0.717) is 33.8 Å². The van der Waals surface area contributed by atoms with Gasteiger partial charge in [-0.05, 0) is 48.5 Å². The molecule has 2 N–H and O–H groups in total. The molecule has 6 nitrogen and oxygen atoms in total. The highest BCUT2D eigenvalue weighted by atomic mass is 19.1. The predicted molar refractivity (Wildman–Crippen MR) is 114 cm³/mol. The molecular formula is C23H18FN3O3. The first-order chi connectivity index (χ1) is 14.6. The second-order valence-corrected chi connectivity index (χ2v) is 6.38. The van der Waals surface area contributed by atoms with Crippen molar-refractivity contribution in [1.29, 1.82) is 0 Å². The van der Waals surface area contributed by atoms with Crippen molar-refractivity contribution in [2.75, 3.05) is 17.7 Å². The summed E-state index contributed by atoms with van der Waals surface area (Å²) in [4.78, 5) is 16.3. The highest BCUT2D eigenvalue weighted by Crippen LogP contribution is 2.33. The number of urea groups is 1. The number of rotatable bonds is 5. The van der Waals surface area contributed by atoms with Gasteiger partial charge in [0.2, 0.25) is 0 Å². The van der Waals surface area contributed by atoms with Crippen LogP contribution >= 0.6 is 0 Å². The maximum Gasteiger partial charge on any atom is 0.323 e. The maximum absolute atomic E-state index is 13.9. The first-order valence-electron chi connectivity index (χ1n) is 9.15. The number of hydrogen-bond acceptors (Lipinski definition) is 4. The number of ether oxygens (including phenoxy) is 2.